The smallest absolute Gasteiger partial charge is 0.237 e. The van der Waals surface area contributed by atoms with Crippen LogP contribution in [0.2, 0.25) is 0 Å². The van der Waals surface area contributed by atoms with E-state index in [4.69, 9.17) is 4.74 Å². The van der Waals surface area contributed by atoms with E-state index in [2.05, 4.69) is 15.5 Å². The summed E-state index contributed by atoms with van der Waals surface area (Å²) in [6.07, 6.45) is 0. The number of nitrogens with zero attached hydrogens (tertiary/aromatic N) is 3. The number of methoxy groups -OCH3 is 1. The molecule has 3 rings (SSSR count). The maximum Gasteiger partial charge on any atom is 0.237 e. The second-order valence-electron chi connectivity index (χ2n) is 5.98. The van der Waals surface area contributed by atoms with E-state index >= 15 is 0 Å². The van der Waals surface area contributed by atoms with Gasteiger partial charge in [-0.15, -0.1) is 10.2 Å². The number of hydrogen-bond acceptors (Lipinski definition) is 5. The van der Waals surface area contributed by atoms with Crippen molar-refractivity contribution in [2.75, 3.05) is 12.4 Å². The molecule has 0 aliphatic carbocycles. The molecule has 0 bridgehead atoms. The maximum absolute atomic E-state index is 13.8. The number of thioether (sulfide) groups is 1. The van der Waals surface area contributed by atoms with Crippen LogP contribution in [0.3, 0.4) is 0 Å². The first kappa shape index (κ1) is 19.9. The van der Waals surface area contributed by atoms with E-state index in [1.807, 2.05) is 35.8 Å². The highest BCUT2D eigenvalue weighted by Crippen LogP contribution is 2.32. The van der Waals surface area contributed by atoms with E-state index in [1.165, 1.54) is 23.9 Å². The number of carbonyl (C=O) groups is 1. The molecule has 0 radical (unpaired) electrons. The average Bonchev–Trinajstić information content (AvgIpc) is 3.11. The molecule has 0 aliphatic rings. The minimum atomic E-state index is -0.486. The predicted octanol–water partition coefficient (Wildman–Crippen LogP) is 4.23. The van der Waals surface area contributed by atoms with E-state index < -0.39 is 11.1 Å². The molecule has 3 aromatic rings. The number of hydrogen-bond donors (Lipinski definition) is 1. The van der Waals surface area contributed by atoms with E-state index in [9.17, 15) is 9.18 Å². The maximum atomic E-state index is 13.8. The summed E-state index contributed by atoms with van der Waals surface area (Å²) in [5.41, 5.74) is 0.987. The van der Waals surface area contributed by atoms with Crippen molar-refractivity contribution in [1.29, 1.82) is 0 Å². The van der Waals surface area contributed by atoms with Crippen LogP contribution in [0.5, 0.6) is 5.75 Å². The SMILES string of the molecule is CCn1c(SC(C)C(=O)Nc2ccccc2F)nnc1-c1ccccc1OC. The quantitative estimate of drug-likeness (QED) is 0.601. The molecule has 1 aromatic heterocycles. The van der Waals surface area contributed by atoms with E-state index in [0.29, 0.717) is 23.3 Å². The van der Waals surface area contributed by atoms with Crippen molar-refractivity contribution >= 4 is 23.4 Å². The highest BCUT2D eigenvalue weighted by atomic mass is 32.2. The first-order valence-electron chi connectivity index (χ1n) is 8.83. The third-order valence-corrected chi connectivity index (χ3v) is 5.24. The van der Waals surface area contributed by atoms with Crippen LogP contribution in [0.1, 0.15) is 13.8 Å². The highest BCUT2D eigenvalue weighted by molar-refractivity contribution is 8.00. The molecule has 6 nitrogen and oxygen atoms in total. The zero-order valence-electron chi connectivity index (χ0n) is 15.8. The Morgan fingerprint density at radius 1 is 1.21 bits per heavy atom. The van der Waals surface area contributed by atoms with E-state index in [1.54, 1.807) is 26.2 Å². The Balaban J connectivity index is 1.80. The Bertz CT molecular complexity index is 976. The molecule has 1 atom stereocenters. The van der Waals surface area contributed by atoms with E-state index in [0.717, 1.165) is 5.56 Å². The Labute approximate surface area is 167 Å². The van der Waals surface area contributed by atoms with Gasteiger partial charge in [0.05, 0.1) is 23.6 Å². The number of halogens is 1. The number of ether oxygens (including phenoxy) is 1. The van der Waals surface area contributed by atoms with Crippen molar-refractivity contribution in [3.63, 3.8) is 0 Å². The first-order chi connectivity index (χ1) is 13.5. The van der Waals surface area contributed by atoms with Gasteiger partial charge in [0.25, 0.3) is 0 Å². The standard InChI is InChI=1S/C20H21FN4O2S/c1-4-25-18(14-9-5-8-12-17(14)27-3)23-24-20(25)28-13(2)19(26)22-16-11-7-6-10-15(16)21/h5-13H,4H2,1-3H3,(H,22,26). The van der Waals surface area contributed by atoms with Gasteiger partial charge in [-0.25, -0.2) is 4.39 Å². The monoisotopic (exact) mass is 400 g/mol. The fourth-order valence-electron chi connectivity index (χ4n) is 2.70. The number of carbonyl (C=O) groups excluding carboxylic acids is 1. The first-order valence-corrected chi connectivity index (χ1v) is 9.71. The van der Waals surface area contributed by atoms with Gasteiger partial charge < -0.3 is 14.6 Å². The summed E-state index contributed by atoms with van der Waals surface area (Å²) in [5.74, 6) is 0.596. The van der Waals surface area contributed by atoms with Crippen LogP contribution >= 0.6 is 11.8 Å². The van der Waals surface area contributed by atoms with Crippen molar-refractivity contribution in [1.82, 2.24) is 14.8 Å². The minimum Gasteiger partial charge on any atom is -0.496 e. The molecule has 1 N–H and O–H groups in total. The van der Waals surface area contributed by atoms with Crippen LogP contribution < -0.4 is 10.1 Å². The third-order valence-electron chi connectivity index (χ3n) is 4.16. The van der Waals surface area contributed by atoms with Crippen molar-refractivity contribution in [3.8, 4) is 17.1 Å². The van der Waals surface area contributed by atoms with Gasteiger partial charge in [0.15, 0.2) is 11.0 Å². The molecule has 0 saturated heterocycles. The molecule has 1 amide bonds. The van der Waals surface area contributed by atoms with Crippen molar-refractivity contribution in [2.24, 2.45) is 0 Å². The van der Waals surface area contributed by atoms with Crippen LogP contribution in [0.15, 0.2) is 53.7 Å². The second kappa shape index (κ2) is 8.88. The molecular weight excluding hydrogens is 379 g/mol. The molecule has 28 heavy (non-hydrogen) atoms. The van der Waals surface area contributed by atoms with Crippen LogP contribution in [-0.2, 0) is 11.3 Å². The lowest BCUT2D eigenvalue weighted by atomic mass is 10.2. The van der Waals surface area contributed by atoms with Gasteiger partial charge >= 0.3 is 0 Å². The molecule has 1 heterocycles. The van der Waals surface area contributed by atoms with Gasteiger partial charge in [0.1, 0.15) is 11.6 Å². The molecule has 8 heteroatoms. The zero-order chi connectivity index (χ0) is 20.1. The van der Waals surface area contributed by atoms with Gasteiger partial charge in [0, 0.05) is 6.54 Å². The fraction of sp³-hybridized carbons (Fsp3) is 0.250. The zero-order valence-corrected chi connectivity index (χ0v) is 16.7. The van der Waals surface area contributed by atoms with Gasteiger partial charge in [-0.3, -0.25) is 4.79 Å². The van der Waals surface area contributed by atoms with Crippen molar-refractivity contribution in [2.45, 2.75) is 30.8 Å². The number of para-hydroxylation sites is 2. The summed E-state index contributed by atoms with van der Waals surface area (Å²) in [6.45, 7) is 4.36. The molecular formula is C20H21FN4O2S. The normalized spacial score (nSPS) is 11.9. The molecule has 1 unspecified atom stereocenters. The Hall–Kier alpha value is -2.87. The summed E-state index contributed by atoms with van der Waals surface area (Å²) in [6, 6.07) is 13.7. The van der Waals surface area contributed by atoms with Crippen molar-refractivity contribution < 1.29 is 13.9 Å². The molecule has 146 valence electrons. The van der Waals surface area contributed by atoms with Gasteiger partial charge in [-0.05, 0) is 38.1 Å². The van der Waals surface area contributed by atoms with Crippen LogP contribution in [0, 0.1) is 5.82 Å². The Morgan fingerprint density at radius 3 is 2.64 bits per heavy atom. The van der Waals surface area contributed by atoms with Crippen molar-refractivity contribution in [3.05, 3.63) is 54.3 Å². The summed E-state index contributed by atoms with van der Waals surface area (Å²) in [7, 11) is 1.61. The van der Waals surface area contributed by atoms with Crippen LogP contribution in [0.25, 0.3) is 11.4 Å². The molecule has 0 spiro atoms. The Kier molecular flexibility index (Phi) is 6.30. The van der Waals surface area contributed by atoms with Gasteiger partial charge in [0.2, 0.25) is 5.91 Å². The topological polar surface area (TPSA) is 69.0 Å². The Morgan fingerprint density at radius 2 is 1.93 bits per heavy atom. The van der Waals surface area contributed by atoms with Gasteiger partial charge in [-0.2, -0.15) is 0 Å². The summed E-state index contributed by atoms with van der Waals surface area (Å²) < 4.78 is 21.1. The molecule has 2 aromatic carbocycles. The lowest BCUT2D eigenvalue weighted by Gasteiger charge is -2.13. The number of aromatic nitrogens is 3. The van der Waals surface area contributed by atoms with E-state index in [-0.39, 0.29) is 11.6 Å². The number of anilines is 1. The largest absolute Gasteiger partial charge is 0.496 e. The lowest BCUT2D eigenvalue weighted by molar-refractivity contribution is -0.115. The summed E-state index contributed by atoms with van der Waals surface area (Å²) >= 11 is 1.27. The average molecular weight is 400 g/mol. The second-order valence-corrected chi connectivity index (χ2v) is 7.29. The minimum absolute atomic E-state index is 0.159. The predicted molar refractivity (Wildman–Crippen MR) is 108 cm³/mol. The van der Waals surface area contributed by atoms with Crippen LogP contribution in [0.4, 0.5) is 10.1 Å². The molecule has 0 aliphatic heterocycles. The lowest BCUT2D eigenvalue weighted by Crippen LogP contribution is -2.23. The van der Waals surface area contributed by atoms with Crippen LogP contribution in [-0.4, -0.2) is 33.0 Å². The summed E-state index contributed by atoms with van der Waals surface area (Å²) in [4.78, 5) is 12.5. The molecule has 0 fully saturated rings. The number of nitrogens with one attached hydrogen (secondary N) is 1. The fourth-order valence-corrected chi connectivity index (χ4v) is 3.61. The third kappa shape index (κ3) is 4.17. The summed E-state index contributed by atoms with van der Waals surface area (Å²) in [5, 5.41) is 11.3. The number of benzene rings is 2. The molecule has 0 saturated carbocycles. The number of rotatable bonds is 7. The number of amides is 1. The highest BCUT2D eigenvalue weighted by Gasteiger charge is 2.22. The van der Waals surface area contributed by atoms with Gasteiger partial charge in [-0.1, -0.05) is 36.0 Å².